The lowest BCUT2D eigenvalue weighted by atomic mass is 9.93. The molecule has 1 amide bonds. The van der Waals surface area contributed by atoms with E-state index < -0.39 is 5.60 Å². The van der Waals surface area contributed by atoms with Gasteiger partial charge < -0.3 is 14.4 Å². The second-order valence-electron chi connectivity index (χ2n) is 9.96. The van der Waals surface area contributed by atoms with E-state index in [4.69, 9.17) is 19.4 Å². The molecule has 0 N–H and O–H groups in total. The topological polar surface area (TPSA) is 95.3 Å². The van der Waals surface area contributed by atoms with Crippen molar-refractivity contribution in [2.75, 3.05) is 20.2 Å². The number of carbonyl (C=O) groups excluding carboxylic acids is 1. The van der Waals surface area contributed by atoms with E-state index in [9.17, 15) is 4.79 Å². The normalized spacial score (nSPS) is 15.1. The SMILES string of the molecule is COc1c(-c2ncc3nc(C4CCN(C(=O)OC(C)(C)C)CC4)ccc3n2)ccc2nn(C)cc12. The molecule has 4 heterocycles. The van der Waals surface area contributed by atoms with Crippen LogP contribution in [-0.2, 0) is 11.8 Å². The van der Waals surface area contributed by atoms with Gasteiger partial charge in [-0.1, -0.05) is 0 Å². The Bertz CT molecular complexity index is 1400. The molecule has 9 nitrogen and oxygen atoms in total. The van der Waals surface area contributed by atoms with Crippen LogP contribution in [0.2, 0.25) is 0 Å². The molecule has 1 fully saturated rings. The quantitative estimate of drug-likeness (QED) is 0.425. The number of rotatable bonds is 3. The molecule has 3 aromatic heterocycles. The van der Waals surface area contributed by atoms with Gasteiger partial charge >= 0.3 is 6.09 Å². The number of piperidine rings is 1. The molecular formula is C26H30N6O3. The molecule has 0 spiro atoms. The van der Waals surface area contributed by atoms with Crippen molar-refractivity contribution in [2.24, 2.45) is 7.05 Å². The summed E-state index contributed by atoms with van der Waals surface area (Å²) in [7, 11) is 3.53. The van der Waals surface area contributed by atoms with Crippen molar-refractivity contribution in [1.29, 1.82) is 0 Å². The molecule has 1 saturated heterocycles. The van der Waals surface area contributed by atoms with Crippen LogP contribution in [0.4, 0.5) is 4.79 Å². The lowest BCUT2D eigenvalue weighted by Crippen LogP contribution is -2.41. The number of amides is 1. The zero-order valence-electron chi connectivity index (χ0n) is 20.8. The summed E-state index contributed by atoms with van der Waals surface area (Å²) in [4.78, 5) is 28.4. The Kier molecular flexibility index (Phi) is 5.78. The first kappa shape index (κ1) is 23.0. The molecule has 1 aliphatic rings. The van der Waals surface area contributed by atoms with Crippen molar-refractivity contribution >= 4 is 28.0 Å². The Balaban J connectivity index is 1.36. The third kappa shape index (κ3) is 4.62. The summed E-state index contributed by atoms with van der Waals surface area (Å²) in [5, 5.41) is 5.37. The maximum absolute atomic E-state index is 12.4. The highest BCUT2D eigenvalue weighted by atomic mass is 16.6. The number of carbonyl (C=O) groups is 1. The predicted octanol–water partition coefficient (Wildman–Crippen LogP) is 4.70. The predicted molar refractivity (Wildman–Crippen MR) is 133 cm³/mol. The Morgan fingerprint density at radius 3 is 2.49 bits per heavy atom. The number of aryl methyl sites for hydroxylation is 1. The molecule has 0 bridgehead atoms. The van der Waals surface area contributed by atoms with Crippen LogP contribution in [0.3, 0.4) is 0 Å². The maximum atomic E-state index is 12.4. The van der Waals surface area contributed by atoms with Gasteiger partial charge in [-0.05, 0) is 57.9 Å². The van der Waals surface area contributed by atoms with E-state index in [0.717, 1.165) is 46.0 Å². The van der Waals surface area contributed by atoms with Gasteiger partial charge in [0.15, 0.2) is 5.82 Å². The minimum Gasteiger partial charge on any atom is -0.495 e. The van der Waals surface area contributed by atoms with Crippen molar-refractivity contribution in [2.45, 2.75) is 45.1 Å². The first-order valence-corrected chi connectivity index (χ1v) is 11.8. The zero-order chi connectivity index (χ0) is 24.7. The van der Waals surface area contributed by atoms with Gasteiger partial charge in [-0.15, -0.1) is 0 Å². The van der Waals surface area contributed by atoms with Gasteiger partial charge in [-0.2, -0.15) is 5.10 Å². The van der Waals surface area contributed by atoms with Crippen molar-refractivity contribution in [3.05, 3.63) is 42.4 Å². The van der Waals surface area contributed by atoms with E-state index >= 15 is 0 Å². The third-order valence-electron chi connectivity index (χ3n) is 6.22. The minimum absolute atomic E-state index is 0.247. The largest absolute Gasteiger partial charge is 0.495 e. The number of aromatic nitrogens is 5. The number of ether oxygens (including phenoxy) is 2. The number of pyridine rings is 1. The van der Waals surface area contributed by atoms with E-state index in [0.29, 0.717) is 24.7 Å². The monoisotopic (exact) mass is 474 g/mol. The summed E-state index contributed by atoms with van der Waals surface area (Å²) in [5.41, 5.74) is 3.72. The van der Waals surface area contributed by atoms with Gasteiger partial charge in [0.1, 0.15) is 16.9 Å². The number of likely N-dealkylation sites (tertiary alicyclic amines) is 1. The van der Waals surface area contributed by atoms with Gasteiger partial charge in [0.05, 0.1) is 35.3 Å². The van der Waals surface area contributed by atoms with Gasteiger partial charge in [0.25, 0.3) is 0 Å². The van der Waals surface area contributed by atoms with Crippen LogP contribution in [0.1, 0.15) is 45.2 Å². The van der Waals surface area contributed by atoms with Crippen LogP contribution in [0.15, 0.2) is 36.7 Å². The molecule has 9 heteroatoms. The highest BCUT2D eigenvalue weighted by molar-refractivity contribution is 5.92. The second-order valence-corrected chi connectivity index (χ2v) is 9.96. The maximum Gasteiger partial charge on any atom is 0.410 e. The first-order valence-electron chi connectivity index (χ1n) is 11.8. The van der Waals surface area contributed by atoms with Crippen LogP contribution >= 0.6 is 0 Å². The van der Waals surface area contributed by atoms with Gasteiger partial charge in [0.2, 0.25) is 0 Å². The Morgan fingerprint density at radius 1 is 1.03 bits per heavy atom. The van der Waals surface area contributed by atoms with Crippen LogP contribution < -0.4 is 4.74 Å². The van der Waals surface area contributed by atoms with Crippen LogP contribution in [0.25, 0.3) is 33.3 Å². The third-order valence-corrected chi connectivity index (χ3v) is 6.22. The lowest BCUT2D eigenvalue weighted by Gasteiger charge is -2.33. The molecular weight excluding hydrogens is 444 g/mol. The Labute approximate surface area is 204 Å². The molecule has 0 saturated carbocycles. The van der Waals surface area contributed by atoms with E-state index in [1.54, 1.807) is 22.9 Å². The summed E-state index contributed by atoms with van der Waals surface area (Å²) in [6.45, 7) is 6.98. The summed E-state index contributed by atoms with van der Waals surface area (Å²) >= 11 is 0. The smallest absolute Gasteiger partial charge is 0.410 e. The number of hydrogen-bond donors (Lipinski definition) is 0. The van der Waals surface area contributed by atoms with E-state index in [1.165, 1.54) is 0 Å². The van der Waals surface area contributed by atoms with E-state index in [1.807, 2.05) is 58.3 Å². The van der Waals surface area contributed by atoms with Crippen LogP contribution in [0.5, 0.6) is 5.75 Å². The lowest BCUT2D eigenvalue weighted by molar-refractivity contribution is 0.0204. The fraction of sp³-hybridized carbons (Fsp3) is 0.423. The van der Waals surface area contributed by atoms with E-state index in [2.05, 4.69) is 10.1 Å². The molecule has 182 valence electrons. The number of nitrogens with zero attached hydrogens (tertiary/aromatic N) is 6. The minimum atomic E-state index is -0.486. The first-order chi connectivity index (χ1) is 16.7. The average Bonchev–Trinajstić information content (AvgIpc) is 3.22. The summed E-state index contributed by atoms with van der Waals surface area (Å²) in [6, 6.07) is 7.92. The molecule has 1 aromatic carbocycles. The number of fused-ring (bicyclic) bond motifs is 2. The molecule has 0 atom stereocenters. The van der Waals surface area contributed by atoms with Crippen molar-refractivity contribution < 1.29 is 14.3 Å². The van der Waals surface area contributed by atoms with Gasteiger partial charge in [-0.25, -0.2) is 19.7 Å². The van der Waals surface area contributed by atoms with Crippen molar-refractivity contribution in [1.82, 2.24) is 29.6 Å². The molecule has 4 aromatic rings. The summed E-state index contributed by atoms with van der Waals surface area (Å²) in [6.07, 6.45) is 5.14. The highest BCUT2D eigenvalue weighted by Gasteiger charge is 2.28. The van der Waals surface area contributed by atoms with Gasteiger partial charge in [0, 0.05) is 37.9 Å². The summed E-state index contributed by atoms with van der Waals surface area (Å²) in [5.74, 6) is 1.57. The Hall–Kier alpha value is -3.75. The van der Waals surface area contributed by atoms with Crippen LogP contribution in [-0.4, -0.2) is 61.5 Å². The molecule has 35 heavy (non-hydrogen) atoms. The molecule has 1 aliphatic heterocycles. The standard InChI is InChI=1S/C26H30N6O3/c1-26(2,3)35-25(33)32-12-10-16(11-13-32)19-8-9-21-22(28-19)14-27-24(29-21)17-6-7-20-18(23(17)34-5)15-31(4)30-20/h6-9,14-16H,10-13H2,1-5H3. The fourth-order valence-electron chi connectivity index (χ4n) is 4.56. The molecule has 0 unspecified atom stereocenters. The van der Waals surface area contributed by atoms with Crippen LogP contribution in [0, 0.1) is 0 Å². The number of methoxy groups -OCH3 is 1. The summed E-state index contributed by atoms with van der Waals surface area (Å²) < 4.78 is 13.0. The number of hydrogen-bond acceptors (Lipinski definition) is 7. The highest BCUT2D eigenvalue weighted by Crippen LogP contribution is 2.35. The zero-order valence-corrected chi connectivity index (χ0v) is 20.8. The molecule has 5 rings (SSSR count). The second kappa shape index (κ2) is 8.79. The molecule has 0 aliphatic carbocycles. The Morgan fingerprint density at radius 2 is 1.77 bits per heavy atom. The fourth-order valence-corrected chi connectivity index (χ4v) is 4.56. The van der Waals surface area contributed by atoms with Gasteiger partial charge in [-0.3, -0.25) is 4.68 Å². The number of benzene rings is 1. The van der Waals surface area contributed by atoms with E-state index in [-0.39, 0.29) is 12.0 Å². The van der Waals surface area contributed by atoms with Crippen molar-refractivity contribution in [3.8, 4) is 17.1 Å². The average molecular weight is 475 g/mol. The molecule has 0 radical (unpaired) electrons. The van der Waals surface area contributed by atoms with Crippen molar-refractivity contribution in [3.63, 3.8) is 0 Å².